The van der Waals surface area contributed by atoms with Gasteiger partial charge in [0.2, 0.25) is 0 Å². The van der Waals surface area contributed by atoms with Crippen LogP contribution in [0.4, 0.5) is 0 Å². The van der Waals surface area contributed by atoms with Crippen LogP contribution in [0.5, 0.6) is 0 Å². The number of aliphatic hydroxyl groups excluding tert-OH is 1. The molecule has 0 aromatic heterocycles. The predicted octanol–water partition coefficient (Wildman–Crippen LogP) is 4.34. The maximum absolute atomic E-state index is 8.78. The number of halogens is 1. The van der Waals surface area contributed by atoms with Crippen LogP contribution in [0.1, 0.15) is 51.9 Å². The van der Waals surface area contributed by atoms with E-state index < -0.39 is 0 Å². The Bertz CT molecular complexity index is 203. The Morgan fingerprint density at radius 2 is 2.19 bits per heavy atom. The SMILES string of the molecule is CC(CCCCO)C1CCCC(/C=C/Cl)C1. The van der Waals surface area contributed by atoms with Gasteiger partial charge in [-0.15, -0.1) is 0 Å². The Balaban J connectivity index is 2.28. The van der Waals surface area contributed by atoms with Gasteiger partial charge in [-0.1, -0.05) is 50.3 Å². The summed E-state index contributed by atoms with van der Waals surface area (Å²) in [4.78, 5) is 0. The first-order valence-corrected chi connectivity index (χ1v) is 7.09. The Labute approximate surface area is 105 Å². The van der Waals surface area contributed by atoms with Gasteiger partial charge in [0.05, 0.1) is 0 Å². The van der Waals surface area contributed by atoms with Crippen molar-refractivity contribution in [3.05, 3.63) is 11.6 Å². The molecule has 1 aliphatic rings. The van der Waals surface area contributed by atoms with Crippen molar-refractivity contribution >= 4 is 11.6 Å². The lowest BCUT2D eigenvalue weighted by Gasteiger charge is -2.31. The number of hydrogen-bond acceptors (Lipinski definition) is 1. The van der Waals surface area contributed by atoms with Gasteiger partial charge in [-0.25, -0.2) is 0 Å². The first-order chi connectivity index (χ1) is 7.77. The van der Waals surface area contributed by atoms with Crippen molar-refractivity contribution in [2.24, 2.45) is 17.8 Å². The molecule has 0 amide bonds. The fourth-order valence-corrected chi connectivity index (χ4v) is 3.08. The molecule has 3 atom stereocenters. The van der Waals surface area contributed by atoms with Gasteiger partial charge in [0, 0.05) is 12.1 Å². The largest absolute Gasteiger partial charge is 0.396 e. The molecule has 16 heavy (non-hydrogen) atoms. The third kappa shape index (κ3) is 4.88. The fourth-order valence-electron chi connectivity index (χ4n) is 2.88. The van der Waals surface area contributed by atoms with Crippen LogP contribution in [0, 0.1) is 17.8 Å². The van der Waals surface area contributed by atoms with Crippen molar-refractivity contribution in [2.45, 2.75) is 51.9 Å². The fraction of sp³-hybridized carbons (Fsp3) is 0.857. The maximum atomic E-state index is 8.78. The van der Waals surface area contributed by atoms with E-state index >= 15 is 0 Å². The van der Waals surface area contributed by atoms with Gasteiger partial charge in [-0.05, 0) is 37.0 Å². The second-order valence-corrected chi connectivity index (χ2v) is 5.45. The molecule has 0 aliphatic heterocycles. The van der Waals surface area contributed by atoms with Crippen LogP contribution in [0.2, 0.25) is 0 Å². The van der Waals surface area contributed by atoms with Gasteiger partial charge in [-0.3, -0.25) is 0 Å². The lowest BCUT2D eigenvalue weighted by atomic mass is 9.74. The van der Waals surface area contributed by atoms with Crippen molar-refractivity contribution in [1.82, 2.24) is 0 Å². The van der Waals surface area contributed by atoms with Gasteiger partial charge in [-0.2, -0.15) is 0 Å². The third-order valence-electron chi connectivity index (χ3n) is 3.97. The first kappa shape index (κ1) is 14.1. The van der Waals surface area contributed by atoms with E-state index in [4.69, 9.17) is 16.7 Å². The summed E-state index contributed by atoms with van der Waals surface area (Å²) in [6.07, 6.45) is 10.9. The zero-order valence-corrected chi connectivity index (χ0v) is 11.1. The second-order valence-electron chi connectivity index (χ2n) is 5.20. The molecule has 1 rings (SSSR count). The van der Waals surface area contributed by atoms with Crippen molar-refractivity contribution in [3.8, 4) is 0 Å². The highest BCUT2D eigenvalue weighted by Crippen LogP contribution is 2.36. The molecule has 1 nitrogen and oxygen atoms in total. The Morgan fingerprint density at radius 1 is 1.38 bits per heavy atom. The summed E-state index contributed by atoms with van der Waals surface area (Å²) in [5.41, 5.74) is 1.68. The van der Waals surface area contributed by atoms with Crippen molar-refractivity contribution in [3.63, 3.8) is 0 Å². The number of hydrogen-bond donors (Lipinski definition) is 1. The molecule has 0 spiro atoms. The van der Waals surface area contributed by atoms with Crippen molar-refractivity contribution < 1.29 is 5.11 Å². The highest BCUT2D eigenvalue weighted by atomic mass is 35.5. The lowest BCUT2D eigenvalue weighted by molar-refractivity contribution is 0.211. The molecule has 0 saturated heterocycles. The summed E-state index contributed by atoms with van der Waals surface area (Å²) in [7, 11) is 0. The van der Waals surface area contributed by atoms with Crippen LogP contribution in [0.25, 0.3) is 0 Å². The normalized spacial score (nSPS) is 28.4. The smallest absolute Gasteiger partial charge is 0.0431 e. The van der Waals surface area contributed by atoms with Crippen LogP contribution in [-0.2, 0) is 0 Å². The minimum absolute atomic E-state index is 0.342. The average molecular weight is 245 g/mol. The molecule has 1 N–H and O–H groups in total. The number of rotatable bonds is 6. The molecule has 94 valence electrons. The van der Waals surface area contributed by atoms with Crippen LogP contribution in [0.15, 0.2) is 11.6 Å². The molecule has 1 fully saturated rings. The molecule has 2 heteroatoms. The number of unbranched alkanes of at least 4 members (excludes halogenated alkanes) is 1. The van der Waals surface area contributed by atoms with E-state index in [0.717, 1.165) is 18.3 Å². The van der Waals surface area contributed by atoms with Crippen molar-refractivity contribution in [1.29, 1.82) is 0 Å². The zero-order valence-electron chi connectivity index (χ0n) is 10.4. The Kier molecular flexibility index (Phi) is 7.15. The molecular weight excluding hydrogens is 220 g/mol. The summed E-state index contributed by atoms with van der Waals surface area (Å²) >= 11 is 5.66. The minimum Gasteiger partial charge on any atom is -0.396 e. The van der Waals surface area contributed by atoms with E-state index in [0.29, 0.717) is 12.5 Å². The molecule has 1 saturated carbocycles. The summed E-state index contributed by atoms with van der Waals surface area (Å²) in [5, 5.41) is 8.78. The highest BCUT2D eigenvalue weighted by molar-refractivity contribution is 6.25. The van der Waals surface area contributed by atoms with Crippen LogP contribution in [0.3, 0.4) is 0 Å². The van der Waals surface area contributed by atoms with Gasteiger partial charge >= 0.3 is 0 Å². The predicted molar refractivity (Wildman–Crippen MR) is 70.5 cm³/mol. The molecule has 3 unspecified atom stereocenters. The summed E-state index contributed by atoms with van der Waals surface area (Å²) < 4.78 is 0. The quantitative estimate of drug-likeness (QED) is 0.689. The summed E-state index contributed by atoms with van der Waals surface area (Å²) in [5.74, 6) is 2.37. The Morgan fingerprint density at radius 3 is 2.88 bits per heavy atom. The second kappa shape index (κ2) is 8.14. The highest BCUT2D eigenvalue weighted by Gasteiger charge is 2.24. The molecule has 0 aromatic carbocycles. The minimum atomic E-state index is 0.342. The van der Waals surface area contributed by atoms with E-state index in [1.807, 2.05) is 0 Å². The van der Waals surface area contributed by atoms with E-state index in [-0.39, 0.29) is 0 Å². The topological polar surface area (TPSA) is 20.2 Å². The molecule has 0 bridgehead atoms. The van der Waals surface area contributed by atoms with Crippen molar-refractivity contribution in [2.75, 3.05) is 6.61 Å². The summed E-state index contributed by atoms with van der Waals surface area (Å²) in [6.45, 7) is 2.71. The van der Waals surface area contributed by atoms with Crippen LogP contribution < -0.4 is 0 Å². The van der Waals surface area contributed by atoms with Crippen LogP contribution >= 0.6 is 11.6 Å². The molecule has 0 heterocycles. The molecular formula is C14H25ClO. The van der Waals surface area contributed by atoms with E-state index in [1.165, 1.54) is 38.5 Å². The van der Waals surface area contributed by atoms with Gasteiger partial charge in [0.15, 0.2) is 0 Å². The number of aliphatic hydroxyl groups is 1. The van der Waals surface area contributed by atoms with Gasteiger partial charge < -0.3 is 5.11 Å². The van der Waals surface area contributed by atoms with E-state index in [9.17, 15) is 0 Å². The first-order valence-electron chi connectivity index (χ1n) is 6.65. The molecule has 0 radical (unpaired) electrons. The molecule has 1 aliphatic carbocycles. The van der Waals surface area contributed by atoms with E-state index in [2.05, 4.69) is 13.0 Å². The monoisotopic (exact) mass is 244 g/mol. The zero-order chi connectivity index (χ0) is 11.8. The van der Waals surface area contributed by atoms with Crippen LogP contribution in [-0.4, -0.2) is 11.7 Å². The van der Waals surface area contributed by atoms with Gasteiger partial charge in [0.25, 0.3) is 0 Å². The Hall–Kier alpha value is -0.0100. The summed E-state index contributed by atoms with van der Waals surface area (Å²) in [6, 6.07) is 0. The number of allylic oxidation sites excluding steroid dienone is 1. The lowest BCUT2D eigenvalue weighted by Crippen LogP contribution is -2.20. The van der Waals surface area contributed by atoms with E-state index in [1.54, 1.807) is 5.54 Å². The molecule has 0 aromatic rings. The maximum Gasteiger partial charge on any atom is 0.0431 e. The van der Waals surface area contributed by atoms with Gasteiger partial charge in [0.1, 0.15) is 0 Å². The standard InChI is InChI=1S/C14H25ClO/c1-12(5-2-3-10-16)14-7-4-6-13(11-14)8-9-15/h8-9,12-14,16H,2-7,10-11H2,1H3/b9-8+. The third-order valence-corrected chi connectivity index (χ3v) is 4.12. The average Bonchev–Trinajstić information content (AvgIpc) is 2.30.